The number of hydrogen-bond donors (Lipinski definition) is 0. The Morgan fingerprint density at radius 1 is 1.18 bits per heavy atom. The van der Waals surface area contributed by atoms with Crippen LogP contribution in [-0.2, 0) is 9.47 Å². The van der Waals surface area contributed by atoms with Gasteiger partial charge in [-0.05, 0) is 18.3 Å². The molecule has 4 aliphatic rings. The highest BCUT2D eigenvalue weighted by Crippen LogP contribution is 2.83. The Morgan fingerprint density at radius 2 is 1.73 bits per heavy atom. The van der Waals surface area contributed by atoms with Gasteiger partial charge in [-0.25, -0.2) is 0 Å². The van der Waals surface area contributed by atoms with Crippen LogP contribution >= 0.6 is 12.2 Å². The van der Waals surface area contributed by atoms with Crippen molar-refractivity contribution in [2.75, 3.05) is 0 Å². The summed E-state index contributed by atoms with van der Waals surface area (Å²) in [5, 5.41) is 0.396. The summed E-state index contributed by atoms with van der Waals surface area (Å²) in [7, 11) is 0. The Kier molecular flexibility index (Phi) is 0.584. The number of hydrogen-bond acceptors (Lipinski definition) is 3. The molecule has 1 spiro atoms. The minimum absolute atomic E-state index is 0.348. The van der Waals surface area contributed by atoms with E-state index in [4.69, 9.17) is 21.7 Å². The summed E-state index contributed by atoms with van der Waals surface area (Å²) < 4.78 is 10.9. The van der Waals surface area contributed by atoms with Gasteiger partial charge in [0.25, 0.3) is 0 Å². The molecule has 3 saturated carbocycles. The fourth-order valence-electron chi connectivity index (χ4n) is 3.25. The van der Waals surface area contributed by atoms with E-state index in [2.05, 4.69) is 0 Å². The van der Waals surface area contributed by atoms with E-state index >= 15 is 0 Å². The van der Waals surface area contributed by atoms with Crippen molar-refractivity contribution in [1.82, 2.24) is 0 Å². The average Bonchev–Trinajstić information content (AvgIpc) is 2.80. The average molecular weight is 168 g/mol. The van der Waals surface area contributed by atoms with E-state index in [1.165, 1.54) is 12.8 Å². The number of fused-ring (bicyclic) bond motifs is 3. The second-order valence-corrected chi connectivity index (χ2v) is 4.60. The van der Waals surface area contributed by atoms with E-state index in [0.717, 1.165) is 11.8 Å². The molecule has 0 aromatic heterocycles. The Bertz CT molecular complexity index is 249. The fraction of sp³-hybridized carbons (Fsp3) is 0.875. The van der Waals surface area contributed by atoms with Crippen molar-refractivity contribution in [3.63, 3.8) is 0 Å². The van der Waals surface area contributed by atoms with E-state index in [0.29, 0.717) is 22.9 Å². The van der Waals surface area contributed by atoms with Gasteiger partial charge in [-0.15, -0.1) is 0 Å². The molecule has 1 saturated heterocycles. The molecule has 1 unspecified atom stereocenters. The highest BCUT2D eigenvalue weighted by molar-refractivity contribution is 7.79. The zero-order chi connectivity index (χ0) is 7.22. The van der Waals surface area contributed by atoms with E-state index < -0.39 is 0 Å². The Hall–Kier alpha value is -0.310. The Balaban J connectivity index is 1.79. The van der Waals surface area contributed by atoms with Gasteiger partial charge in [0, 0.05) is 24.1 Å². The maximum Gasteiger partial charge on any atom is 0.353 e. The topological polar surface area (TPSA) is 18.5 Å². The first kappa shape index (κ1) is 5.36. The molecule has 0 radical (unpaired) electrons. The largest absolute Gasteiger partial charge is 0.449 e. The molecule has 3 aliphatic carbocycles. The highest BCUT2D eigenvalue weighted by atomic mass is 32.1. The first-order chi connectivity index (χ1) is 5.31. The minimum atomic E-state index is 0.348. The van der Waals surface area contributed by atoms with Crippen LogP contribution < -0.4 is 0 Å². The maximum absolute atomic E-state index is 5.44. The van der Waals surface area contributed by atoms with Crippen molar-refractivity contribution in [3.05, 3.63) is 0 Å². The molecule has 0 amide bonds. The molecule has 11 heavy (non-hydrogen) atoms. The molecule has 3 heteroatoms. The third-order valence-electron chi connectivity index (χ3n) is 3.94. The molecule has 0 N–H and O–H groups in total. The van der Waals surface area contributed by atoms with Crippen molar-refractivity contribution in [2.45, 2.75) is 25.0 Å². The molecular weight excluding hydrogens is 160 g/mol. The number of thiocarbonyl (C=S) groups is 1. The van der Waals surface area contributed by atoms with Crippen LogP contribution in [0.15, 0.2) is 0 Å². The summed E-state index contributed by atoms with van der Waals surface area (Å²) in [4.78, 5) is 0. The van der Waals surface area contributed by atoms with Gasteiger partial charge < -0.3 is 9.47 Å². The lowest BCUT2D eigenvalue weighted by molar-refractivity contribution is 0.140. The van der Waals surface area contributed by atoms with Crippen molar-refractivity contribution >= 4 is 17.5 Å². The molecule has 0 aromatic carbocycles. The van der Waals surface area contributed by atoms with Gasteiger partial charge in [0.1, 0.15) is 12.2 Å². The third kappa shape index (κ3) is 0.403. The molecule has 2 nitrogen and oxygen atoms in total. The van der Waals surface area contributed by atoms with Gasteiger partial charge in [0.05, 0.1) is 0 Å². The van der Waals surface area contributed by atoms with Gasteiger partial charge >= 0.3 is 5.24 Å². The molecular formula is C8H8O2S. The van der Waals surface area contributed by atoms with Crippen LogP contribution in [-0.4, -0.2) is 17.4 Å². The zero-order valence-corrected chi connectivity index (χ0v) is 6.76. The standard InChI is InChI=1S/C8H8O2S/c11-7-9-5-3-1-8(3)2-4(8)6(5)10-7/h3-6H,1-2H2/t3-,4-,5-,6+,8?/m1/s1. The molecule has 1 aliphatic heterocycles. The van der Waals surface area contributed by atoms with Crippen LogP contribution in [0.25, 0.3) is 0 Å². The molecule has 0 aromatic rings. The van der Waals surface area contributed by atoms with Crippen LogP contribution in [0.5, 0.6) is 0 Å². The van der Waals surface area contributed by atoms with E-state index in [-0.39, 0.29) is 0 Å². The summed E-state index contributed by atoms with van der Waals surface area (Å²) in [6.07, 6.45) is 3.46. The molecule has 4 fully saturated rings. The van der Waals surface area contributed by atoms with Crippen molar-refractivity contribution in [3.8, 4) is 0 Å². The fourth-order valence-corrected chi connectivity index (χ4v) is 3.48. The first-order valence-electron chi connectivity index (χ1n) is 4.18. The summed E-state index contributed by atoms with van der Waals surface area (Å²) >= 11 is 4.87. The smallest absolute Gasteiger partial charge is 0.353 e. The van der Waals surface area contributed by atoms with Crippen LogP contribution in [0.2, 0.25) is 0 Å². The minimum Gasteiger partial charge on any atom is -0.449 e. The van der Waals surface area contributed by atoms with E-state index in [1.54, 1.807) is 0 Å². The first-order valence-corrected chi connectivity index (χ1v) is 4.59. The summed E-state index contributed by atoms with van der Waals surface area (Å²) in [6.45, 7) is 0. The van der Waals surface area contributed by atoms with Crippen LogP contribution in [0.3, 0.4) is 0 Å². The van der Waals surface area contributed by atoms with Gasteiger partial charge in [-0.3, -0.25) is 0 Å². The maximum atomic E-state index is 5.44. The lowest BCUT2D eigenvalue weighted by atomic mass is 10.1. The number of rotatable bonds is 0. The lowest BCUT2D eigenvalue weighted by Crippen LogP contribution is -2.22. The lowest BCUT2D eigenvalue weighted by Gasteiger charge is -2.09. The Labute approximate surface area is 69.9 Å². The van der Waals surface area contributed by atoms with Gasteiger partial charge in [0.15, 0.2) is 0 Å². The van der Waals surface area contributed by atoms with Crippen molar-refractivity contribution in [2.24, 2.45) is 17.3 Å². The molecule has 58 valence electrons. The zero-order valence-electron chi connectivity index (χ0n) is 5.95. The van der Waals surface area contributed by atoms with E-state index in [9.17, 15) is 0 Å². The summed E-state index contributed by atoms with van der Waals surface area (Å²) in [6, 6.07) is 0. The monoisotopic (exact) mass is 168 g/mol. The van der Waals surface area contributed by atoms with Crippen LogP contribution in [0.4, 0.5) is 0 Å². The molecule has 0 bridgehead atoms. The molecule has 5 atom stereocenters. The van der Waals surface area contributed by atoms with Crippen LogP contribution in [0.1, 0.15) is 12.8 Å². The van der Waals surface area contributed by atoms with E-state index in [1.807, 2.05) is 0 Å². The van der Waals surface area contributed by atoms with Crippen LogP contribution in [0, 0.1) is 17.3 Å². The van der Waals surface area contributed by atoms with Gasteiger partial charge in [0.2, 0.25) is 0 Å². The van der Waals surface area contributed by atoms with Crippen molar-refractivity contribution < 1.29 is 9.47 Å². The highest BCUT2D eigenvalue weighted by Gasteiger charge is 2.84. The normalized spacial score (nSPS) is 67.5. The van der Waals surface area contributed by atoms with Gasteiger partial charge in [-0.2, -0.15) is 0 Å². The second kappa shape index (κ2) is 1.20. The third-order valence-corrected chi connectivity index (χ3v) is 4.13. The van der Waals surface area contributed by atoms with Gasteiger partial charge in [-0.1, -0.05) is 0 Å². The summed E-state index contributed by atoms with van der Waals surface area (Å²) in [5.41, 5.74) is 0.700. The van der Waals surface area contributed by atoms with Crippen molar-refractivity contribution in [1.29, 1.82) is 0 Å². The summed E-state index contributed by atoms with van der Waals surface area (Å²) in [5.74, 6) is 1.61. The Morgan fingerprint density at radius 3 is 2.27 bits per heavy atom. The predicted molar refractivity (Wildman–Crippen MR) is 41.0 cm³/mol. The molecule has 1 heterocycles. The quantitative estimate of drug-likeness (QED) is 0.504. The second-order valence-electron chi connectivity index (χ2n) is 4.27. The molecule has 4 rings (SSSR count). The number of ether oxygens (including phenoxy) is 2. The predicted octanol–water partition coefficient (Wildman–Crippen LogP) is 1.10. The SMILES string of the molecule is S=C1O[C@@H]2[C@H](O1)[C@H]1CC13C[C@H]23.